The smallest absolute Gasteiger partial charge is 0.227 e. The predicted molar refractivity (Wildman–Crippen MR) is 207 cm³/mol. The van der Waals surface area contributed by atoms with Crippen molar-refractivity contribution in [1.82, 2.24) is 4.98 Å². The van der Waals surface area contributed by atoms with Crippen LogP contribution in [0.3, 0.4) is 0 Å². The number of hydrogen-bond acceptors (Lipinski definition) is 6. The predicted octanol–water partition coefficient (Wildman–Crippen LogP) is 13.6. The number of anilines is 3. The molecule has 11 rings (SSSR count). The molecule has 0 amide bonds. The summed E-state index contributed by atoms with van der Waals surface area (Å²) in [5, 5.41) is 7.01. The molecular weight excluding hydrogens is 641 g/mol. The van der Waals surface area contributed by atoms with Crippen molar-refractivity contribution in [3.8, 4) is 11.5 Å². The molecule has 0 aliphatic carbocycles. The summed E-state index contributed by atoms with van der Waals surface area (Å²) >= 11 is 3.63. The summed E-state index contributed by atoms with van der Waals surface area (Å²) in [7, 11) is 0. The highest BCUT2D eigenvalue weighted by Gasteiger charge is 2.24. The van der Waals surface area contributed by atoms with Crippen molar-refractivity contribution in [2.24, 2.45) is 0 Å². The van der Waals surface area contributed by atoms with Crippen molar-refractivity contribution in [3.63, 3.8) is 0 Å². The Morgan fingerprint density at radius 2 is 1.14 bits per heavy atom. The third kappa shape index (κ3) is 4.05. The molecule has 0 fully saturated rings. The number of rotatable bonds is 4. The van der Waals surface area contributed by atoms with Gasteiger partial charge in [-0.15, -0.1) is 22.7 Å². The second-order valence-electron chi connectivity index (χ2n) is 12.3. The largest absolute Gasteiger partial charge is 0.456 e. The Labute approximate surface area is 287 Å². The van der Waals surface area contributed by atoms with E-state index < -0.39 is 0 Å². The molecule has 0 atom stereocenters. The Morgan fingerprint density at radius 3 is 2.02 bits per heavy atom. The normalized spacial score (nSPS) is 12.1. The van der Waals surface area contributed by atoms with E-state index >= 15 is 0 Å². The Hall–Kier alpha value is -5.95. The van der Waals surface area contributed by atoms with Crippen molar-refractivity contribution < 1.29 is 8.83 Å². The van der Waals surface area contributed by atoms with Gasteiger partial charge in [0.05, 0.1) is 10.4 Å². The van der Waals surface area contributed by atoms with E-state index in [1.54, 1.807) is 11.3 Å². The van der Waals surface area contributed by atoms with Gasteiger partial charge >= 0.3 is 0 Å². The summed E-state index contributed by atoms with van der Waals surface area (Å²) in [6.45, 7) is 0. The first kappa shape index (κ1) is 27.0. The summed E-state index contributed by atoms with van der Waals surface area (Å²) in [5.74, 6) is 0.616. The number of fused-ring (bicyclic) bond motifs is 11. The zero-order chi connectivity index (χ0) is 32.1. The van der Waals surface area contributed by atoms with Crippen LogP contribution in [0.1, 0.15) is 0 Å². The molecule has 0 saturated heterocycles. The van der Waals surface area contributed by atoms with E-state index in [4.69, 9.17) is 13.8 Å². The van der Waals surface area contributed by atoms with Gasteiger partial charge in [-0.1, -0.05) is 72.8 Å². The van der Waals surface area contributed by atoms with Gasteiger partial charge in [0.1, 0.15) is 16.7 Å². The minimum atomic E-state index is 0.616. The fraction of sp³-hybridized carbons (Fsp3) is 0. The first-order valence-electron chi connectivity index (χ1n) is 16.2. The summed E-state index contributed by atoms with van der Waals surface area (Å²) in [5.41, 5.74) is 7.42. The fourth-order valence-corrected chi connectivity index (χ4v) is 9.56. The number of oxazole rings is 1. The maximum atomic E-state index is 6.62. The summed E-state index contributed by atoms with van der Waals surface area (Å²) in [6.07, 6.45) is 0. The topological polar surface area (TPSA) is 42.4 Å². The quantitative estimate of drug-likeness (QED) is 0.188. The van der Waals surface area contributed by atoms with E-state index in [1.165, 1.54) is 30.3 Å². The van der Waals surface area contributed by atoms with Crippen LogP contribution in [0.25, 0.3) is 84.8 Å². The molecular formula is C43H24N2O2S2. The lowest BCUT2D eigenvalue weighted by Gasteiger charge is -2.26. The summed E-state index contributed by atoms with van der Waals surface area (Å²) in [4.78, 5) is 7.48. The van der Waals surface area contributed by atoms with Gasteiger partial charge in [-0.05, 0) is 60.7 Å². The van der Waals surface area contributed by atoms with Gasteiger partial charge in [-0.25, -0.2) is 4.98 Å². The van der Waals surface area contributed by atoms with E-state index in [-0.39, 0.29) is 0 Å². The van der Waals surface area contributed by atoms with E-state index in [0.717, 1.165) is 65.7 Å². The molecule has 4 nitrogen and oxygen atoms in total. The van der Waals surface area contributed by atoms with Crippen LogP contribution in [-0.2, 0) is 0 Å². The Kier molecular flexibility index (Phi) is 5.67. The monoisotopic (exact) mass is 664 g/mol. The third-order valence-electron chi connectivity index (χ3n) is 9.49. The zero-order valence-electron chi connectivity index (χ0n) is 25.9. The van der Waals surface area contributed by atoms with Gasteiger partial charge in [0.15, 0.2) is 5.58 Å². The standard InChI is InChI=1S/C43H24N2O2S2/c1-2-10-25(11-3-1)43-44-41-36(47-43)24-33(42-40(41)31-14-6-9-17-38(31)49-42)45(26-19-21-39-32(22-26)30-13-5-8-16-37(30)48-39)27-18-20-29-28-12-4-7-15-34(28)46-35(29)23-27/h1-24H. The van der Waals surface area contributed by atoms with Gasteiger partial charge in [0, 0.05) is 75.5 Å². The number of benzene rings is 7. The van der Waals surface area contributed by atoms with Gasteiger partial charge in [-0.3, -0.25) is 0 Å². The highest BCUT2D eigenvalue weighted by atomic mass is 32.1. The molecule has 0 spiro atoms. The van der Waals surface area contributed by atoms with Crippen molar-refractivity contribution in [1.29, 1.82) is 0 Å². The molecule has 0 saturated carbocycles. The average Bonchev–Trinajstić information content (AvgIpc) is 3.93. The summed E-state index contributed by atoms with van der Waals surface area (Å²) < 4.78 is 18.0. The van der Waals surface area contributed by atoms with E-state index in [0.29, 0.717) is 5.89 Å². The molecule has 4 heterocycles. The molecule has 230 valence electrons. The molecule has 0 unspecified atom stereocenters. The second kappa shape index (κ2) is 10.3. The molecule has 0 radical (unpaired) electrons. The molecule has 11 aromatic rings. The molecule has 6 heteroatoms. The van der Waals surface area contributed by atoms with Crippen LogP contribution in [0.15, 0.2) is 154 Å². The van der Waals surface area contributed by atoms with Gasteiger partial charge in [0.2, 0.25) is 5.89 Å². The molecule has 0 aliphatic rings. The number of thiophene rings is 2. The van der Waals surface area contributed by atoms with Crippen LogP contribution >= 0.6 is 22.7 Å². The van der Waals surface area contributed by atoms with Gasteiger partial charge in [0.25, 0.3) is 0 Å². The Balaban J connectivity index is 1.24. The third-order valence-corrected chi connectivity index (χ3v) is 11.8. The number of para-hydroxylation sites is 1. The maximum Gasteiger partial charge on any atom is 0.227 e. The second-order valence-corrected chi connectivity index (χ2v) is 14.5. The highest BCUT2D eigenvalue weighted by Crippen LogP contribution is 2.50. The van der Waals surface area contributed by atoms with E-state index in [2.05, 4.69) is 108 Å². The molecule has 0 N–H and O–H groups in total. The SMILES string of the molecule is c1ccc(-c2nc3c(cc(N(c4ccc5c(c4)oc4ccccc45)c4ccc5sc6ccccc6c5c4)c4sc5ccccc5c43)o2)cc1. The van der Waals surface area contributed by atoms with Crippen LogP contribution in [0.4, 0.5) is 17.1 Å². The van der Waals surface area contributed by atoms with Crippen molar-refractivity contribution >= 4 is 113 Å². The lowest BCUT2D eigenvalue weighted by Crippen LogP contribution is -2.10. The van der Waals surface area contributed by atoms with Crippen LogP contribution in [0, 0.1) is 0 Å². The van der Waals surface area contributed by atoms with Crippen molar-refractivity contribution in [3.05, 3.63) is 146 Å². The van der Waals surface area contributed by atoms with Gasteiger partial charge < -0.3 is 13.7 Å². The highest BCUT2D eigenvalue weighted by molar-refractivity contribution is 7.26. The molecule has 4 aromatic heterocycles. The molecule has 0 bridgehead atoms. The maximum absolute atomic E-state index is 6.62. The first-order valence-corrected chi connectivity index (χ1v) is 17.8. The van der Waals surface area contributed by atoms with Crippen molar-refractivity contribution in [2.45, 2.75) is 0 Å². The Bertz CT molecular complexity index is 3080. The molecule has 7 aromatic carbocycles. The fourth-order valence-electron chi connectivity index (χ4n) is 7.26. The van der Waals surface area contributed by atoms with E-state index in [1.807, 2.05) is 53.8 Å². The zero-order valence-corrected chi connectivity index (χ0v) is 27.5. The van der Waals surface area contributed by atoms with Crippen molar-refractivity contribution in [2.75, 3.05) is 4.90 Å². The van der Waals surface area contributed by atoms with Gasteiger partial charge in [-0.2, -0.15) is 0 Å². The molecule has 49 heavy (non-hydrogen) atoms. The van der Waals surface area contributed by atoms with Crippen LogP contribution in [-0.4, -0.2) is 4.98 Å². The number of furan rings is 1. The number of nitrogens with zero attached hydrogens (tertiary/aromatic N) is 2. The molecule has 0 aliphatic heterocycles. The minimum absolute atomic E-state index is 0.616. The van der Waals surface area contributed by atoms with Crippen LogP contribution < -0.4 is 4.90 Å². The lowest BCUT2D eigenvalue weighted by molar-refractivity contribution is 0.620. The lowest BCUT2D eigenvalue weighted by atomic mass is 10.1. The first-order chi connectivity index (χ1) is 24.3. The summed E-state index contributed by atoms with van der Waals surface area (Å²) in [6, 6.07) is 51.2. The Morgan fingerprint density at radius 1 is 0.469 bits per heavy atom. The average molecular weight is 665 g/mol. The number of aromatic nitrogens is 1. The van der Waals surface area contributed by atoms with E-state index in [9.17, 15) is 0 Å². The van der Waals surface area contributed by atoms with Crippen LogP contribution in [0.5, 0.6) is 0 Å². The minimum Gasteiger partial charge on any atom is -0.456 e. The number of hydrogen-bond donors (Lipinski definition) is 0. The van der Waals surface area contributed by atoms with Crippen LogP contribution in [0.2, 0.25) is 0 Å².